The number of hydrogen-bond donors (Lipinski definition) is 2. The molecule has 19 heavy (non-hydrogen) atoms. The Morgan fingerprint density at radius 1 is 1.21 bits per heavy atom. The lowest BCUT2D eigenvalue weighted by molar-refractivity contribution is -0.137. The van der Waals surface area contributed by atoms with E-state index < -0.39 is 5.97 Å². The van der Waals surface area contributed by atoms with Crippen LogP contribution in [0, 0.1) is 5.41 Å². The second-order valence-corrected chi connectivity index (χ2v) is 5.99. The number of carbonyl (C=O) groups excluding carboxylic acids is 1. The zero-order valence-electron chi connectivity index (χ0n) is 12.1. The standard InChI is InChI=1S/C14H26N2O3/c1-14(7-9-16(2)10-8-14)11-15-12(17)5-3-4-6-13(18)19/h3-11H2,1-2H3,(H,15,17)(H,18,19). The van der Waals surface area contributed by atoms with Crippen LogP contribution in [0.1, 0.15) is 45.4 Å². The van der Waals surface area contributed by atoms with E-state index in [0.717, 1.165) is 32.5 Å². The van der Waals surface area contributed by atoms with E-state index in [1.54, 1.807) is 0 Å². The van der Waals surface area contributed by atoms with Gasteiger partial charge in [0.05, 0.1) is 0 Å². The van der Waals surface area contributed by atoms with E-state index in [0.29, 0.717) is 19.3 Å². The Morgan fingerprint density at radius 2 is 1.79 bits per heavy atom. The van der Waals surface area contributed by atoms with E-state index in [-0.39, 0.29) is 17.7 Å². The van der Waals surface area contributed by atoms with Crippen molar-refractivity contribution < 1.29 is 14.7 Å². The molecule has 0 bridgehead atoms. The molecule has 0 aliphatic carbocycles. The monoisotopic (exact) mass is 270 g/mol. The Balaban J connectivity index is 2.14. The van der Waals surface area contributed by atoms with Gasteiger partial charge < -0.3 is 15.3 Å². The van der Waals surface area contributed by atoms with E-state index >= 15 is 0 Å². The number of likely N-dealkylation sites (tertiary alicyclic amines) is 1. The molecule has 110 valence electrons. The fourth-order valence-electron chi connectivity index (χ4n) is 2.30. The zero-order valence-corrected chi connectivity index (χ0v) is 12.1. The topological polar surface area (TPSA) is 69.6 Å². The summed E-state index contributed by atoms with van der Waals surface area (Å²) in [5, 5.41) is 11.5. The summed E-state index contributed by atoms with van der Waals surface area (Å²) in [7, 11) is 2.13. The molecule has 0 aromatic rings. The van der Waals surface area contributed by atoms with Crippen LogP contribution < -0.4 is 5.32 Å². The molecular formula is C14H26N2O3. The molecular weight excluding hydrogens is 244 g/mol. The third-order valence-corrected chi connectivity index (χ3v) is 3.95. The summed E-state index contributed by atoms with van der Waals surface area (Å²) in [5.74, 6) is -0.746. The van der Waals surface area contributed by atoms with Crippen LogP contribution in [0.2, 0.25) is 0 Å². The number of carbonyl (C=O) groups is 2. The molecule has 5 nitrogen and oxygen atoms in total. The van der Waals surface area contributed by atoms with Gasteiger partial charge in [-0.1, -0.05) is 6.92 Å². The molecule has 0 spiro atoms. The first-order valence-electron chi connectivity index (χ1n) is 7.08. The molecule has 5 heteroatoms. The molecule has 1 aliphatic heterocycles. The molecule has 1 amide bonds. The average molecular weight is 270 g/mol. The molecule has 1 aliphatic rings. The Morgan fingerprint density at radius 3 is 2.37 bits per heavy atom. The minimum absolute atomic E-state index is 0.0468. The quantitative estimate of drug-likeness (QED) is 0.688. The van der Waals surface area contributed by atoms with Gasteiger partial charge in [-0.15, -0.1) is 0 Å². The van der Waals surface area contributed by atoms with Crippen LogP contribution >= 0.6 is 0 Å². The Bertz CT molecular complexity index is 310. The summed E-state index contributed by atoms with van der Waals surface area (Å²) >= 11 is 0. The SMILES string of the molecule is CN1CCC(C)(CNC(=O)CCCCC(=O)O)CC1. The van der Waals surface area contributed by atoms with Crippen LogP contribution in [-0.4, -0.2) is 48.6 Å². The maximum atomic E-state index is 11.7. The molecule has 0 aromatic carbocycles. The van der Waals surface area contributed by atoms with Crippen molar-refractivity contribution in [3.8, 4) is 0 Å². The summed E-state index contributed by atoms with van der Waals surface area (Å²) in [4.78, 5) is 24.3. The first-order chi connectivity index (χ1) is 8.91. The highest BCUT2D eigenvalue weighted by molar-refractivity contribution is 5.76. The van der Waals surface area contributed by atoms with Crippen LogP contribution in [0.25, 0.3) is 0 Å². The van der Waals surface area contributed by atoms with Crippen LogP contribution in [0.5, 0.6) is 0 Å². The molecule has 0 radical (unpaired) electrons. The van der Waals surface area contributed by atoms with E-state index in [4.69, 9.17) is 5.11 Å². The number of carboxylic acid groups (broad SMARTS) is 1. The van der Waals surface area contributed by atoms with Crippen molar-refractivity contribution >= 4 is 11.9 Å². The molecule has 1 rings (SSSR count). The summed E-state index contributed by atoms with van der Waals surface area (Å²) in [5.41, 5.74) is 0.212. The van der Waals surface area contributed by atoms with Gasteiger partial charge in [-0.25, -0.2) is 0 Å². The number of rotatable bonds is 7. The summed E-state index contributed by atoms with van der Waals surface area (Å²) in [6, 6.07) is 0. The predicted octanol–water partition coefficient (Wildman–Crippen LogP) is 1.48. The number of unbranched alkanes of at least 4 members (excludes halogenated alkanes) is 1. The third-order valence-electron chi connectivity index (χ3n) is 3.95. The highest BCUT2D eigenvalue weighted by Crippen LogP contribution is 2.29. The third kappa shape index (κ3) is 6.57. The Hall–Kier alpha value is -1.10. The van der Waals surface area contributed by atoms with Gasteiger partial charge in [0.1, 0.15) is 0 Å². The molecule has 0 saturated carbocycles. The maximum Gasteiger partial charge on any atom is 0.303 e. The highest BCUT2D eigenvalue weighted by atomic mass is 16.4. The molecule has 2 N–H and O–H groups in total. The molecule has 0 unspecified atom stereocenters. The van der Waals surface area contributed by atoms with Crippen molar-refractivity contribution in [3.05, 3.63) is 0 Å². The smallest absolute Gasteiger partial charge is 0.303 e. The van der Waals surface area contributed by atoms with E-state index in [9.17, 15) is 9.59 Å². The lowest BCUT2D eigenvalue weighted by Gasteiger charge is -2.37. The van der Waals surface area contributed by atoms with Gasteiger partial charge in [-0.3, -0.25) is 9.59 Å². The van der Waals surface area contributed by atoms with Gasteiger partial charge in [0.2, 0.25) is 5.91 Å². The van der Waals surface area contributed by atoms with Gasteiger partial charge >= 0.3 is 5.97 Å². The molecule has 0 aromatic heterocycles. The van der Waals surface area contributed by atoms with Crippen LogP contribution in [0.15, 0.2) is 0 Å². The Labute approximate surface area is 115 Å². The summed E-state index contributed by atoms with van der Waals surface area (Å²) in [6.45, 7) is 5.14. The molecule has 1 fully saturated rings. The van der Waals surface area contributed by atoms with Crippen LogP contribution in [0.4, 0.5) is 0 Å². The summed E-state index contributed by atoms with van der Waals surface area (Å²) < 4.78 is 0. The fourth-order valence-corrected chi connectivity index (χ4v) is 2.30. The number of nitrogens with one attached hydrogen (secondary N) is 1. The van der Waals surface area contributed by atoms with Crippen molar-refractivity contribution in [3.63, 3.8) is 0 Å². The van der Waals surface area contributed by atoms with Gasteiger partial charge in [0, 0.05) is 19.4 Å². The van der Waals surface area contributed by atoms with Crippen LogP contribution in [0.3, 0.4) is 0 Å². The minimum Gasteiger partial charge on any atom is -0.481 e. The highest BCUT2D eigenvalue weighted by Gasteiger charge is 2.28. The predicted molar refractivity (Wildman–Crippen MR) is 74.0 cm³/mol. The zero-order chi connectivity index (χ0) is 14.3. The van der Waals surface area contributed by atoms with E-state index in [2.05, 4.69) is 24.2 Å². The lowest BCUT2D eigenvalue weighted by Crippen LogP contribution is -2.43. The number of hydrogen-bond acceptors (Lipinski definition) is 3. The van der Waals surface area contributed by atoms with Crippen molar-refractivity contribution in [1.82, 2.24) is 10.2 Å². The normalized spacial score (nSPS) is 19.1. The first-order valence-corrected chi connectivity index (χ1v) is 7.08. The average Bonchev–Trinajstić information content (AvgIpc) is 2.36. The van der Waals surface area contributed by atoms with Crippen molar-refractivity contribution in [2.45, 2.75) is 45.4 Å². The van der Waals surface area contributed by atoms with Gasteiger partial charge in [-0.05, 0) is 51.2 Å². The first kappa shape index (κ1) is 16.0. The van der Waals surface area contributed by atoms with Crippen molar-refractivity contribution in [2.24, 2.45) is 5.41 Å². The molecule has 1 heterocycles. The second kappa shape index (κ2) is 7.48. The molecule has 0 atom stereocenters. The largest absolute Gasteiger partial charge is 0.481 e. The number of aliphatic carboxylic acids is 1. The van der Waals surface area contributed by atoms with E-state index in [1.807, 2.05) is 0 Å². The van der Waals surface area contributed by atoms with Crippen molar-refractivity contribution in [1.29, 1.82) is 0 Å². The van der Waals surface area contributed by atoms with Crippen molar-refractivity contribution in [2.75, 3.05) is 26.7 Å². The lowest BCUT2D eigenvalue weighted by atomic mass is 9.80. The number of piperidine rings is 1. The number of carboxylic acids is 1. The number of nitrogens with zero attached hydrogens (tertiary/aromatic N) is 1. The Kier molecular flexibility index (Phi) is 6.28. The van der Waals surface area contributed by atoms with Gasteiger partial charge in [0.15, 0.2) is 0 Å². The van der Waals surface area contributed by atoms with Gasteiger partial charge in [0.25, 0.3) is 0 Å². The maximum absolute atomic E-state index is 11.7. The number of amides is 1. The van der Waals surface area contributed by atoms with Gasteiger partial charge in [-0.2, -0.15) is 0 Å². The van der Waals surface area contributed by atoms with Crippen LogP contribution in [-0.2, 0) is 9.59 Å². The second-order valence-electron chi connectivity index (χ2n) is 5.99. The molecule has 1 saturated heterocycles. The minimum atomic E-state index is -0.792. The van der Waals surface area contributed by atoms with E-state index in [1.165, 1.54) is 0 Å². The summed E-state index contributed by atoms with van der Waals surface area (Å²) in [6.07, 6.45) is 4.04. The fraction of sp³-hybridized carbons (Fsp3) is 0.857.